The van der Waals surface area contributed by atoms with E-state index in [2.05, 4.69) is 0 Å². The maximum Gasteiger partial charge on any atom is 0.253 e. The molecule has 0 atom stereocenters. The predicted octanol–water partition coefficient (Wildman–Crippen LogP) is 1.26. The van der Waals surface area contributed by atoms with Gasteiger partial charge in [-0.1, -0.05) is 0 Å². The van der Waals surface area contributed by atoms with E-state index in [0.29, 0.717) is 11.1 Å². The molecule has 0 radical (unpaired) electrons. The van der Waals surface area contributed by atoms with Gasteiger partial charge in [0, 0.05) is 33.8 Å². The Labute approximate surface area is 114 Å². The lowest BCUT2D eigenvalue weighted by Crippen LogP contribution is -2.25. The van der Waals surface area contributed by atoms with Crippen LogP contribution in [0.3, 0.4) is 0 Å². The van der Waals surface area contributed by atoms with Crippen molar-refractivity contribution in [1.82, 2.24) is 9.21 Å². The van der Waals surface area contributed by atoms with Gasteiger partial charge < -0.3 is 4.90 Å². The van der Waals surface area contributed by atoms with Crippen molar-refractivity contribution in [2.75, 3.05) is 28.2 Å². The first kappa shape index (κ1) is 15.7. The Kier molecular flexibility index (Phi) is 4.37. The number of aryl methyl sites for hydroxylation is 1. The van der Waals surface area contributed by atoms with Crippen molar-refractivity contribution in [2.45, 2.75) is 18.7 Å². The minimum atomic E-state index is -3.55. The van der Waals surface area contributed by atoms with Crippen molar-refractivity contribution in [3.63, 3.8) is 0 Å². The minimum Gasteiger partial charge on any atom is -0.345 e. The summed E-state index contributed by atoms with van der Waals surface area (Å²) in [6, 6.07) is 3.16. The number of carbonyl (C=O) groups excluding carboxylic acids is 1. The molecule has 0 saturated heterocycles. The van der Waals surface area contributed by atoms with Gasteiger partial charge in [-0.2, -0.15) is 0 Å². The number of benzene rings is 1. The van der Waals surface area contributed by atoms with E-state index < -0.39 is 10.0 Å². The summed E-state index contributed by atoms with van der Waals surface area (Å²) in [5.74, 6) is -0.210. The van der Waals surface area contributed by atoms with E-state index in [4.69, 9.17) is 0 Å². The summed E-state index contributed by atoms with van der Waals surface area (Å²) in [6.07, 6.45) is 0. The second-order valence-electron chi connectivity index (χ2n) is 4.90. The highest BCUT2D eigenvalue weighted by Gasteiger charge is 2.23. The van der Waals surface area contributed by atoms with Crippen LogP contribution < -0.4 is 0 Å². The van der Waals surface area contributed by atoms with Crippen LogP contribution in [0.15, 0.2) is 17.0 Å². The second kappa shape index (κ2) is 5.30. The Bertz CT molecular complexity index is 605. The number of rotatable bonds is 3. The number of amides is 1. The molecule has 106 valence electrons. The Balaban J connectivity index is 3.55. The van der Waals surface area contributed by atoms with Crippen molar-refractivity contribution in [2.24, 2.45) is 0 Å². The lowest BCUT2D eigenvalue weighted by atomic mass is 10.1. The van der Waals surface area contributed by atoms with E-state index in [9.17, 15) is 13.2 Å². The zero-order valence-corrected chi connectivity index (χ0v) is 13.0. The maximum absolute atomic E-state index is 12.3. The number of nitrogens with zero attached hydrogens (tertiary/aromatic N) is 2. The molecule has 1 aromatic rings. The quantitative estimate of drug-likeness (QED) is 0.839. The molecule has 0 unspecified atom stereocenters. The molecule has 0 heterocycles. The molecular weight excluding hydrogens is 264 g/mol. The lowest BCUT2D eigenvalue weighted by molar-refractivity contribution is 0.0827. The lowest BCUT2D eigenvalue weighted by Gasteiger charge is -2.17. The topological polar surface area (TPSA) is 57.7 Å². The Morgan fingerprint density at radius 3 is 2.00 bits per heavy atom. The first-order valence-corrected chi connectivity index (χ1v) is 7.28. The summed E-state index contributed by atoms with van der Waals surface area (Å²) in [5, 5.41) is 0. The number of hydrogen-bond donors (Lipinski definition) is 0. The van der Waals surface area contributed by atoms with Crippen molar-refractivity contribution < 1.29 is 13.2 Å². The molecule has 0 aliphatic heterocycles. The minimum absolute atomic E-state index is 0.183. The molecule has 0 aliphatic rings. The van der Waals surface area contributed by atoms with Gasteiger partial charge in [-0.15, -0.1) is 0 Å². The summed E-state index contributed by atoms with van der Waals surface area (Å²) in [4.78, 5) is 13.6. The SMILES string of the molecule is Cc1cc(C(=O)N(C)C)cc(S(=O)(=O)N(C)C)c1C. The molecule has 0 aliphatic carbocycles. The highest BCUT2D eigenvalue weighted by atomic mass is 32.2. The Morgan fingerprint density at radius 1 is 1.05 bits per heavy atom. The summed E-state index contributed by atoms with van der Waals surface area (Å²) < 4.78 is 25.7. The van der Waals surface area contributed by atoms with Crippen molar-refractivity contribution >= 4 is 15.9 Å². The molecule has 0 aromatic heterocycles. The fourth-order valence-electron chi connectivity index (χ4n) is 1.67. The summed E-state index contributed by atoms with van der Waals surface area (Å²) >= 11 is 0. The van der Waals surface area contributed by atoms with Crippen LogP contribution in [0.25, 0.3) is 0 Å². The second-order valence-corrected chi connectivity index (χ2v) is 7.02. The smallest absolute Gasteiger partial charge is 0.253 e. The van der Waals surface area contributed by atoms with Gasteiger partial charge in [0.15, 0.2) is 0 Å². The van der Waals surface area contributed by atoms with Crippen LogP contribution in [0, 0.1) is 13.8 Å². The van der Waals surface area contributed by atoms with Crippen molar-refractivity contribution in [3.05, 3.63) is 28.8 Å². The molecule has 0 saturated carbocycles. The van der Waals surface area contributed by atoms with E-state index in [1.807, 2.05) is 0 Å². The van der Waals surface area contributed by atoms with Gasteiger partial charge in [0.1, 0.15) is 0 Å². The monoisotopic (exact) mass is 284 g/mol. The molecule has 6 heteroatoms. The molecule has 0 fully saturated rings. The summed E-state index contributed by atoms with van der Waals surface area (Å²) in [5.41, 5.74) is 1.84. The van der Waals surface area contributed by atoms with Gasteiger partial charge >= 0.3 is 0 Å². The fourth-order valence-corrected chi connectivity index (χ4v) is 2.89. The normalized spacial score (nSPS) is 11.7. The van der Waals surface area contributed by atoms with E-state index in [0.717, 1.165) is 9.87 Å². The van der Waals surface area contributed by atoms with Gasteiger partial charge in [-0.25, -0.2) is 12.7 Å². The zero-order valence-electron chi connectivity index (χ0n) is 12.2. The van der Waals surface area contributed by atoms with Gasteiger partial charge in [0.25, 0.3) is 5.91 Å². The average molecular weight is 284 g/mol. The fraction of sp³-hybridized carbons (Fsp3) is 0.462. The molecule has 5 nitrogen and oxygen atoms in total. The van der Waals surface area contributed by atoms with E-state index >= 15 is 0 Å². The third-order valence-electron chi connectivity index (χ3n) is 3.03. The highest BCUT2D eigenvalue weighted by molar-refractivity contribution is 7.89. The molecule has 1 amide bonds. The zero-order chi connectivity index (χ0) is 15.0. The van der Waals surface area contributed by atoms with Crippen LogP contribution in [0.1, 0.15) is 21.5 Å². The van der Waals surface area contributed by atoms with Gasteiger partial charge in [-0.05, 0) is 37.1 Å². The number of sulfonamides is 1. The Morgan fingerprint density at radius 2 is 1.58 bits per heavy atom. The number of carbonyl (C=O) groups is 1. The van der Waals surface area contributed by atoms with Crippen LogP contribution in [0.5, 0.6) is 0 Å². The number of hydrogen-bond acceptors (Lipinski definition) is 3. The highest BCUT2D eigenvalue weighted by Crippen LogP contribution is 2.23. The van der Waals surface area contributed by atoms with Gasteiger partial charge in [0.05, 0.1) is 4.90 Å². The molecule has 0 bridgehead atoms. The summed E-state index contributed by atoms with van der Waals surface area (Å²) in [6.45, 7) is 3.55. The van der Waals surface area contributed by atoms with E-state index in [1.165, 1.54) is 25.1 Å². The molecular formula is C13H20N2O3S. The largest absolute Gasteiger partial charge is 0.345 e. The molecule has 1 aromatic carbocycles. The van der Waals surface area contributed by atoms with Crippen LogP contribution >= 0.6 is 0 Å². The first-order chi connectivity index (χ1) is 8.59. The van der Waals surface area contributed by atoms with Crippen molar-refractivity contribution in [3.8, 4) is 0 Å². The molecule has 1 rings (SSSR count). The summed E-state index contributed by atoms with van der Waals surface area (Å²) in [7, 11) is 2.68. The van der Waals surface area contributed by atoms with Crippen LogP contribution in [0.2, 0.25) is 0 Å². The Hall–Kier alpha value is -1.40. The third-order valence-corrected chi connectivity index (χ3v) is 4.97. The molecule has 0 N–H and O–H groups in total. The van der Waals surface area contributed by atoms with Crippen molar-refractivity contribution in [1.29, 1.82) is 0 Å². The van der Waals surface area contributed by atoms with Gasteiger partial charge in [0.2, 0.25) is 10.0 Å². The van der Waals surface area contributed by atoms with Crippen LogP contribution in [-0.4, -0.2) is 51.7 Å². The predicted molar refractivity (Wildman–Crippen MR) is 74.8 cm³/mol. The first-order valence-electron chi connectivity index (χ1n) is 5.84. The van der Waals surface area contributed by atoms with Gasteiger partial charge in [-0.3, -0.25) is 4.79 Å². The van der Waals surface area contributed by atoms with E-state index in [-0.39, 0.29) is 10.8 Å². The molecule has 19 heavy (non-hydrogen) atoms. The van der Waals surface area contributed by atoms with Crippen LogP contribution in [-0.2, 0) is 10.0 Å². The average Bonchev–Trinajstić information content (AvgIpc) is 2.30. The van der Waals surface area contributed by atoms with E-state index in [1.54, 1.807) is 34.0 Å². The molecule has 0 spiro atoms. The third kappa shape index (κ3) is 2.96. The maximum atomic E-state index is 12.3. The standard InChI is InChI=1S/C13H20N2O3S/c1-9-7-11(13(16)14(3)4)8-12(10(9)2)19(17,18)15(5)6/h7-8H,1-6H3. The van der Waals surface area contributed by atoms with Crippen LogP contribution in [0.4, 0.5) is 0 Å².